The van der Waals surface area contributed by atoms with Gasteiger partial charge in [0.05, 0.1) is 17.3 Å². The summed E-state index contributed by atoms with van der Waals surface area (Å²) >= 11 is 0. The van der Waals surface area contributed by atoms with Gasteiger partial charge in [-0.2, -0.15) is 5.10 Å². The van der Waals surface area contributed by atoms with Crippen molar-refractivity contribution in [3.05, 3.63) is 72.4 Å². The summed E-state index contributed by atoms with van der Waals surface area (Å²) < 4.78 is 1.83. The van der Waals surface area contributed by atoms with Gasteiger partial charge < -0.3 is 5.32 Å². The molecule has 0 aliphatic rings. The van der Waals surface area contributed by atoms with Crippen LogP contribution in [0.25, 0.3) is 16.7 Å². The van der Waals surface area contributed by atoms with Crippen LogP contribution in [-0.2, 0) is 6.54 Å². The van der Waals surface area contributed by atoms with Gasteiger partial charge >= 0.3 is 0 Å². The van der Waals surface area contributed by atoms with E-state index < -0.39 is 0 Å². The molecular weight excluding hydrogens is 300 g/mol. The zero-order chi connectivity index (χ0) is 16.4. The van der Waals surface area contributed by atoms with Gasteiger partial charge in [0.1, 0.15) is 12.1 Å². The molecule has 3 aromatic heterocycles. The SMILES string of the molecule is Cc1ccc(-n2ncc3c(NCc4cccnc4)ncnc32)cc1. The Hall–Kier alpha value is -3.28. The van der Waals surface area contributed by atoms with E-state index in [1.54, 1.807) is 18.7 Å². The Morgan fingerprint density at radius 1 is 1.04 bits per heavy atom. The number of aryl methyl sites for hydroxylation is 1. The van der Waals surface area contributed by atoms with E-state index in [4.69, 9.17) is 0 Å². The topological polar surface area (TPSA) is 68.5 Å². The molecule has 24 heavy (non-hydrogen) atoms. The van der Waals surface area contributed by atoms with Crippen LogP contribution in [0.15, 0.2) is 61.3 Å². The second kappa shape index (κ2) is 6.08. The number of pyridine rings is 1. The van der Waals surface area contributed by atoms with Crippen LogP contribution >= 0.6 is 0 Å². The van der Waals surface area contributed by atoms with Crippen LogP contribution in [0.2, 0.25) is 0 Å². The van der Waals surface area contributed by atoms with Crippen LogP contribution < -0.4 is 5.32 Å². The van der Waals surface area contributed by atoms with E-state index >= 15 is 0 Å². The lowest BCUT2D eigenvalue weighted by Gasteiger charge is -2.07. The van der Waals surface area contributed by atoms with Crippen molar-refractivity contribution >= 4 is 16.9 Å². The maximum absolute atomic E-state index is 4.47. The highest BCUT2D eigenvalue weighted by molar-refractivity contribution is 5.87. The molecule has 1 N–H and O–H groups in total. The van der Waals surface area contributed by atoms with Crippen molar-refractivity contribution < 1.29 is 0 Å². The summed E-state index contributed by atoms with van der Waals surface area (Å²) in [6, 6.07) is 12.1. The standard InChI is InChI=1S/C18H16N6/c1-13-4-6-15(7-5-13)24-18-16(11-23-24)17(21-12-22-18)20-10-14-3-2-8-19-9-14/h2-9,11-12H,10H2,1H3,(H,20,21,22). The summed E-state index contributed by atoms with van der Waals surface area (Å²) in [5.74, 6) is 0.766. The van der Waals surface area contributed by atoms with Crippen LogP contribution in [0.5, 0.6) is 0 Å². The summed E-state index contributed by atoms with van der Waals surface area (Å²) in [4.78, 5) is 12.9. The van der Waals surface area contributed by atoms with Gasteiger partial charge in [0.25, 0.3) is 0 Å². The van der Waals surface area contributed by atoms with Gasteiger partial charge in [-0.15, -0.1) is 0 Å². The number of anilines is 1. The van der Waals surface area contributed by atoms with Crippen LogP contribution in [0.1, 0.15) is 11.1 Å². The molecule has 3 heterocycles. The predicted molar refractivity (Wildman–Crippen MR) is 93.0 cm³/mol. The zero-order valence-corrected chi connectivity index (χ0v) is 13.2. The van der Waals surface area contributed by atoms with E-state index in [1.807, 2.05) is 35.1 Å². The largest absolute Gasteiger partial charge is 0.365 e. The van der Waals surface area contributed by atoms with Crippen LogP contribution in [0.3, 0.4) is 0 Å². The fourth-order valence-electron chi connectivity index (χ4n) is 2.55. The number of aromatic nitrogens is 5. The lowest BCUT2D eigenvalue weighted by molar-refractivity contribution is 0.894. The molecule has 0 saturated carbocycles. The van der Waals surface area contributed by atoms with Crippen LogP contribution in [-0.4, -0.2) is 24.7 Å². The van der Waals surface area contributed by atoms with E-state index in [0.29, 0.717) is 6.54 Å². The number of nitrogens with zero attached hydrogens (tertiary/aromatic N) is 5. The molecule has 0 unspecified atom stereocenters. The van der Waals surface area contributed by atoms with Gasteiger partial charge in [0.2, 0.25) is 0 Å². The molecule has 0 bridgehead atoms. The van der Waals surface area contributed by atoms with Gasteiger partial charge in [-0.05, 0) is 30.7 Å². The molecule has 0 radical (unpaired) electrons. The second-order valence-corrected chi connectivity index (χ2v) is 5.57. The fourth-order valence-corrected chi connectivity index (χ4v) is 2.55. The first kappa shape index (κ1) is 14.3. The van der Waals surface area contributed by atoms with Crippen molar-refractivity contribution in [2.45, 2.75) is 13.5 Å². The summed E-state index contributed by atoms with van der Waals surface area (Å²) in [6.07, 6.45) is 6.94. The molecule has 0 fully saturated rings. The van der Waals surface area contributed by atoms with Gasteiger partial charge in [-0.1, -0.05) is 23.8 Å². The Morgan fingerprint density at radius 3 is 2.71 bits per heavy atom. The first-order valence-corrected chi connectivity index (χ1v) is 7.70. The second-order valence-electron chi connectivity index (χ2n) is 5.57. The highest BCUT2D eigenvalue weighted by Crippen LogP contribution is 2.22. The fraction of sp³-hybridized carbons (Fsp3) is 0.111. The average molecular weight is 316 g/mol. The molecular formula is C18H16N6. The number of benzene rings is 1. The number of rotatable bonds is 4. The third-order valence-electron chi connectivity index (χ3n) is 3.83. The zero-order valence-electron chi connectivity index (χ0n) is 13.2. The Morgan fingerprint density at radius 2 is 1.92 bits per heavy atom. The van der Waals surface area contributed by atoms with Crippen molar-refractivity contribution in [2.24, 2.45) is 0 Å². The van der Waals surface area contributed by atoms with Crippen molar-refractivity contribution in [1.82, 2.24) is 24.7 Å². The molecule has 0 aliphatic heterocycles. The van der Waals surface area contributed by atoms with E-state index in [9.17, 15) is 0 Å². The van der Waals surface area contributed by atoms with Crippen molar-refractivity contribution in [3.8, 4) is 5.69 Å². The highest BCUT2D eigenvalue weighted by Gasteiger charge is 2.10. The summed E-state index contributed by atoms with van der Waals surface area (Å²) in [6.45, 7) is 2.71. The Labute approximate surface area is 139 Å². The normalized spacial score (nSPS) is 10.9. The smallest absolute Gasteiger partial charge is 0.168 e. The van der Waals surface area contributed by atoms with Crippen molar-refractivity contribution in [1.29, 1.82) is 0 Å². The first-order valence-electron chi connectivity index (χ1n) is 7.70. The summed E-state index contributed by atoms with van der Waals surface area (Å²) in [5.41, 5.74) is 4.06. The van der Waals surface area contributed by atoms with Gasteiger partial charge in [0, 0.05) is 18.9 Å². The van der Waals surface area contributed by atoms with Gasteiger partial charge in [-0.25, -0.2) is 14.6 Å². The third kappa shape index (κ3) is 2.69. The molecule has 4 rings (SSSR count). The average Bonchev–Trinajstić information content (AvgIpc) is 3.06. The molecule has 118 valence electrons. The minimum absolute atomic E-state index is 0.648. The number of hydrogen-bond donors (Lipinski definition) is 1. The molecule has 0 aliphatic carbocycles. The third-order valence-corrected chi connectivity index (χ3v) is 3.83. The molecule has 6 nitrogen and oxygen atoms in total. The van der Waals surface area contributed by atoms with E-state index in [1.165, 1.54) is 5.56 Å². The molecule has 4 aromatic rings. The molecule has 0 amide bonds. The predicted octanol–water partition coefficient (Wildman–Crippen LogP) is 3.13. The lowest BCUT2D eigenvalue weighted by Crippen LogP contribution is -2.03. The summed E-state index contributed by atoms with van der Waals surface area (Å²) in [5, 5.41) is 8.70. The Kier molecular flexibility index (Phi) is 3.63. The Balaban J connectivity index is 1.67. The van der Waals surface area contributed by atoms with Crippen molar-refractivity contribution in [3.63, 3.8) is 0 Å². The van der Waals surface area contributed by atoms with E-state index in [2.05, 4.69) is 44.4 Å². The van der Waals surface area contributed by atoms with Crippen LogP contribution in [0, 0.1) is 6.92 Å². The molecule has 0 saturated heterocycles. The van der Waals surface area contributed by atoms with Crippen LogP contribution in [0.4, 0.5) is 5.82 Å². The summed E-state index contributed by atoms with van der Waals surface area (Å²) in [7, 11) is 0. The molecule has 0 atom stereocenters. The monoisotopic (exact) mass is 316 g/mol. The number of hydrogen-bond acceptors (Lipinski definition) is 5. The molecule has 1 aromatic carbocycles. The van der Waals surface area contributed by atoms with Gasteiger partial charge in [-0.3, -0.25) is 4.98 Å². The maximum atomic E-state index is 4.47. The number of nitrogens with one attached hydrogen (secondary N) is 1. The number of fused-ring (bicyclic) bond motifs is 1. The van der Waals surface area contributed by atoms with Gasteiger partial charge in [0.15, 0.2) is 5.65 Å². The Bertz CT molecular complexity index is 960. The molecule has 0 spiro atoms. The first-order chi connectivity index (χ1) is 11.8. The highest BCUT2D eigenvalue weighted by atomic mass is 15.3. The lowest BCUT2D eigenvalue weighted by atomic mass is 10.2. The van der Waals surface area contributed by atoms with Crippen molar-refractivity contribution in [2.75, 3.05) is 5.32 Å². The minimum atomic E-state index is 0.648. The quantitative estimate of drug-likeness (QED) is 0.626. The van der Waals surface area contributed by atoms with E-state index in [0.717, 1.165) is 28.1 Å². The van der Waals surface area contributed by atoms with E-state index in [-0.39, 0.29) is 0 Å². The maximum Gasteiger partial charge on any atom is 0.168 e. The minimum Gasteiger partial charge on any atom is -0.365 e. The molecule has 6 heteroatoms.